The number of amides is 1. The van der Waals surface area contributed by atoms with Crippen molar-refractivity contribution in [2.45, 2.75) is 44.3 Å². The largest absolute Gasteiger partial charge is 0.508 e. The molecule has 0 aromatic heterocycles. The maximum Gasteiger partial charge on any atom is 0.404 e. The fraction of sp³-hybridized carbons (Fsp3) is 0.500. The number of carboxylic acid groups (broad SMARTS) is 1. The lowest BCUT2D eigenvalue weighted by Crippen LogP contribution is -2.51. The zero-order valence-electron chi connectivity index (χ0n) is 10.8. The van der Waals surface area contributed by atoms with E-state index >= 15 is 0 Å². The average molecular weight is 264 g/mol. The Hall–Kier alpha value is -1.75. The van der Waals surface area contributed by atoms with Gasteiger partial charge in [-0.05, 0) is 18.9 Å². The summed E-state index contributed by atoms with van der Waals surface area (Å²) in [7, 11) is 0. The molecule has 0 heterocycles. The SMILES string of the molecule is O=C(O)N[C@@H]1CCCC[C@H]1NCc1ccccc1O. The van der Waals surface area contributed by atoms with Gasteiger partial charge in [-0.1, -0.05) is 31.0 Å². The van der Waals surface area contributed by atoms with Crippen molar-refractivity contribution in [3.8, 4) is 5.75 Å². The van der Waals surface area contributed by atoms with E-state index in [0.717, 1.165) is 31.2 Å². The van der Waals surface area contributed by atoms with E-state index in [4.69, 9.17) is 5.11 Å². The Kier molecular flexibility index (Phi) is 4.63. The Morgan fingerprint density at radius 1 is 1.21 bits per heavy atom. The summed E-state index contributed by atoms with van der Waals surface area (Å²) in [5.74, 6) is 0.272. The van der Waals surface area contributed by atoms with Gasteiger partial charge < -0.3 is 20.8 Å². The third kappa shape index (κ3) is 3.86. The van der Waals surface area contributed by atoms with Gasteiger partial charge in [0, 0.05) is 24.2 Å². The van der Waals surface area contributed by atoms with Crippen LogP contribution in [0.5, 0.6) is 5.75 Å². The van der Waals surface area contributed by atoms with Gasteiger partial charge in [0.05, 0.1) is 0 Å². The van der Waals surface area contributed by atoms with Crippen molar-refractivity contribution in [2.24, 2.45) is 0 Å². The highest BCUT2D eigenvalue weighted by Gasteiger charge is 2.25. The molecule has 4 N–H and O–H groups in total. The quantitative estimate of drug-likeness (QED) is 0.671. The summed E-state index contributed by atoms with van der Waals surface area (Å²) < 4.78 is 0. The molecule has 1 fully saturated rings. The molecule has 1 saturated carbocycles. The molecular weight excluding hydrogens is 244 g/mol. The van der Waals surface area contributed by atoms with Crippen LogP contribution in [-0.2, 0) is 6.54 Å². The zero-order chi connectivity index (χ0) is 13.7. The number of phenolic OH excluding ortho intramolecular Hbond substituents is 1. The van der Waals surface area contributed by atoms with Crippen LogP contribution in [0.3, 0.4) is 0 Å². The molecule has 1 amide bonds. The van der Waals surface area contributed by atoms with Crippen LogP contribution in [0.25, 0.3) is 0 Å². The van der Waals surface area contributed by atoms with E-state index in [1.807, 2.05) is 12.1 Å². The number of benzene rings is 1. The molecule has 1 aliphatic carbocycles. The number of phenols is 1. The molecule has 0 spiro atoms. The molecule has 0 radical (unpaired) electrons. The summed E-state index contributed by atoms with van der Waals surface area (Å²) in [5, 5.41) is 24.5. The molecule has 1 aromatic rings. The zero-order valence-corrected chi connectivity index (χ0v) is 10.8. The summed E-state index contributed by atoms with van der Waals surface area (Å²) in [4.78, 5) is 10.8. The molecule has 19 heavy (non-hydrogen) atoms. The van der Waals surface area contributed by atoms with E-state index in [0.29, 0.717) is 6.54 Å². The van der Waals surface area contributed by atoms with E-state index in [1.54, 1.807) is 12.1 Å². The highest BCUT2D eigenvalue weighted by Crippen LogP contribution is 2.20. The Balaban J connectivity index is 1.92. The van der Waals surface area contributed by atoms with Crippen LogP contribution in [0.1, 0.15) is 31.2 Å². The molecule has 5 nitrogen and oxygen atoms in total. The van der Waals surface area contributed by atoms with E-state index in [1.165, 1.54) is 0 Å². The highest BCUT2D eigenvalue weighted by atomic mass is 16.4. The van der Waals surface area contributed by atoms with Crippen LogP contribution < -0.4 is 10.6 Å². The first-order valence-electron chi connectivity index (χ1n) is 6.66. The van der Waals surface area contributed by atoms with Crippen LogP contribution in [0.4, 0.5) is 4.79 Å². The lowest BCUT2D eigenvalue weighted by Gasteiger charge is -2.32. The summed E-state index contributed by atoms with van der Waals surface area (Å²) >= 11 is 0. The van der Waals surface area contributed by atoms with Gasteiger partial charge in [-0.15, -0.1) is 0 Å². The normalized spacial score (nSPS) is 22.9. The van der Waals surface area contributed by atoms with Gasteiger partial charge in [-0.25, -0.2) is 4.79 Å². The molecule has 104 valence electrons. The minimum absolute atomic E-state index is 0.0443. The Morgan fingerprint density at radius 3 is 2.58 bits per heavy atom. The van der Waals surface area contributed by atoms with E-state index in [9.17, 15) is 9.90 Å². The fourth-order valence-electron chi connectivity index (χ4n) is 2.61. The Labute approximate surface area is 112 Å². The van der Waals surface area contributed by atoms with Gasteiger partial charge in [0.2, 0.25) is 0 Å². The first kappa shape index (κ1) is 13.7. The molecular formula is C14H20N2O3. The number of aromatic hydroxyl groups is 1. The molecule has 0 unspecified atom stereocenters. The van der Waals surface area contributed by atoms with Crippen LogP contribution in [0.15, 0.2) is 24.3 Å². The van der Waals surface area contributed by atoms with Crippen molar-refractivity contribution in [3.63, 3.8) is 0 Å². The van der Waals surface area contributed by atoms with Crippen molar-refractivity contribution in [2.75, 3.05) is 0 Å². The van der Waals surface area contributed by atoms with Gasteiger partial charge in [-0.2, -0.15) is 0 Å². The van der Waals surface area contributed by atoms with Crippen molar-refractivity contribution in [1.29, 1.82) is 0 Å². The molecule has 1 aliphatic rings. The fourth-order valence-corrected chi connectivity index (χ4v) is 2.61. The van der Waals surface area contributed by atoms with E-state index in [-0.39, 0.29) is 17.8 Å². The molecule has 0 aliphatic heterocycles. The summed E-state index contributed by atoms with van der Waals surface area (Å²) in [6.07, 6.45) is 3.01. The van der Waals surface area contributed by atoms with Crippen LogP contribution in [0.2, 0.25) is 0 Å². The lowest BCUT2D eigenvalue weighted by molar-refractivity contribution is 0.179. The van der Waals surface area contributed by atoms with Gasteiger partial charge in [-0.3, -0.25) is 0 Å². The second kappa shape index (κ2) is 6.43. The monoisotopic (exact) mass is 264 g/mol. The third-order valence-corrected chi connectivity index (χ3v) is 3.62. The van der Waals surface area contributed by atoms with Gasteiger partial charge in [0.25, 0.3) is 0 Å². The number of para-hydroxylation sites is 1. The number of hydrogen-bond donors (Lipinski definition) is 4. The minimum atomic E-state index is -0.971. The molecule has 1 aromatic carbocycles. The van der Waals surface area contributed by atoms with Crippen molar-refractivity contribution >= 4 is 6.09 Å². The number of carbonyl (C=O) groups is 1. The lowest BCUT2D eigenvalue weighted by atomic mass is 9.90. The van der Waals surface area contributed by atoms with Crippen LogP contribution >= 0.6 is 0 Å². The topological polar surface area (TPSA) is 81.6 Å². The molecule has 5 heteroatoms. The summed E-state index contributed by atoms with van der Waals surface area (Å²) in [6.45, 7) is 0.551. The predicted octanol–water partition coefficient (Wildman–Crippen LogP) is 2.06. The molecule has 2 atom stereocenters. The van der Waals surface area contributed by atoms with E-state index in [2.05, 4.69) is 10.6 Å². The first-order chi connectivity index (χ1) is 9.16. The van der Waals surface area contributed by atoms with Gasteiger partial charge in [0.1, 0.15) is 5.75 Å². The molecule has 0 saturated heterocycles. The third-order valence-electron chi connectivity index (χ3n) is 3.62. The van der Waals surface area contributed by atoms with Crippen molar-refractivity contribution in [3.05, 3.63) is 29.8 Å². The summed E-state index contributed by atoms with van der Waals surface area (Å²) in [6, 6.07) is 7.27. The number of hydrogen-bond acceptors (Lipinski definition) is 3. The van der Waals surface area contributed by atoms with Crippen LogP contribution in [-0.4, -0.2) is 28.4 Å². The maximum atomic E-state index is 10.8. The van der Waals surface area contributed by atoms with Crippen LogP contribution in [0, 0.1) is 0 Å². The van der Waals surface area contributed by atoms with E-state index < -0.39 is 6.09 Å². The van der Waals surface area contributed by atoms with Gasteiger partial charge in [0.15, 0.2) is 0 Å². The predicted molar refractivity (Wildman–Crippen MR) is 72.2 cm³/mol. The smallest absolute Gasteiger partial charge is 0.404 e. The number of rotatable bonds is 4. The standard InChI is InChI=1S/C14H20N2O3/c17-13-8-4-1-5-10(13)9-15-11-6-2-3-7-12(11)16-14(18)19/h1,4-5,8,11-12,15-17H,2-3,6-7,9H2,(H,18,19)/t11-,12-/m1/s1. The minimum Gasteiger partial charge on any atom is -0.508 e. The molecule has 0 bridgehead atoms. The number of nitrogens with one attached hydrogen (secondary N) is 2. The second-order valence-electron chi connectivity index (χ2n) is 4.96. The van der Waals surface area contributed by atoms with Crippen molar-refractivity contribution in [1.82, 2.24) is 10.6 Å². The maximum absolute atomic E-state index is 10.8. The van der Waals surface area contributed by atoms with Crippen molar-refractivity contribution < 1.29 is 15.0 Å². The summed E-state index contributed by atoms with van der Waals surface area (Å²) in [5.41, 5.74) is 0.835. The first-order valence-corrected chi connectivity index (χ1v) is 6.66. The molecule has 2 rings (SSSR count). The second-order valence-corrected chi connectivity index (χ2v) is 4.96. The Bertz CT molecular complexity index is 436. The Morgan fingerprint density at radius 2 is 1.89 bits per heavy atom. The van der Waals surface area contributed by atoms with Gasteiger partial charge >= 0.3 is 6.09 Å². The highest BCUT2D eigenvalue weighted by molar-refractivity contribution is 5.65. The average Bonchev–Trinajstić information content (AvgIpc) is 2.39.